The molecule has 3 rings (SSSR count). The molecule has 6 nitrogen and oxygen atoms in total. The normalized spacial score (nSPS) is 17.0. The highest BCUT2D eigenvalue weighted by molar-refractivity contribution is 6.00. The van der Waals surface area contributed by atoms with E-state index in [1.165, 1.54) is 7.11 Å². The van der Waals surface area contributed by atoms with Gasteiger partial charge in [-0.15, -0.1) is 0 Å². The molecule has 0 N–H and O–H groups in total. The van der Waals surface area contributed by atoms with Gasteiger partial charge in [0.15, 0.2) is 11.5 Å². The number of likely N-dealkylation sites (tertiary alicyclic amines) is 1. The van der Waals surface area contributed by atoms with Gasteiger partial charge in [-0.05, 0) is 49.6 Å². The van der Waals surface area contributed by atoms with Crippen LogP contribution in [0.5, 0.6) is 11.7 Å². The molecule has 2 heterocycles. The average Bonchev–Trinajstić information content (AvgIpc) is 3.16. The number of ketones is 1. The van der Waals surface area contributed by atoms with Crippen LogP contribution in [0.1, 0.15) is 39.3 Å². The second-order valence-corrected chi connectivity index (χ2v) is 6.46. The highest BCUT2D eigenvalue weighted by Crippen LogP contribution is 2.26. The largest absolute Gasteiger partial charge is 0.497 e. The van der Waals surface area contributed by atoms with Crippen LogP contribution in [0, 0.1) is 12.8 Å². The lowest BCUT2D eigenvalue weighted by atomic mass is 9.88. The third-order valence-corrected chi connectivity index (χ3v) is 4.77. The zero-order valence-electron chi connectivity index (χ0n) is 15.3. The Morgan fingerprint density at radius 2 is 1.96 bits per heavy atom. The Labute approximate surface area is 152 Å². The van der Waals surface area contributed by atoms with Crippen molar-refractivity contribution in [1.82, 2.24) is 4.90 Å². The van der Waals surface area contributed by atoms with Crippen molar-refractivity contribution in [1.29, 1.82) is 0 Å². The lowest BCUT2D eigenvalue weighted by Crippen LogP contribution is -2.42. The van der Waals surface area contributed by atoms with Crippen molar-refractivity contribution in [2.75, 3.05) is 27.3 Å². The van der Waals surface area contributed by atoms with E-state index in [1.807, 2.05) is 13.0 Å². The average molecular weight is 357 g/mol. The molecule has 1 saturated heterocycles. The van der Waals surface area contributed by atoms with Crippen LogP contribution in [0.15, 0.2) is 34.7 Å². The fourth-order valence-corrected chi connectivity index (χ4v) is 3.34. The number of benzene rings is 1. The van der Waals surface area contributed by atoms with E-state index in [-0.39, 0.29) is 23.4 Å². The molecule has 0 spiro atoms. The first-order chi connectivity index (χ1) is 12.5. The summed E-state index contributed by atoms with van der Waals surface area (Å²) in [7, 11) is 3.09. The van der Waals surface area contributed by atoms with Crippen LogP contribution in [-0.2, 0) is 0 Å². The minimum atomic E-state index is -0.211. The molecular formula is C20H23NO5. The van der Waals surface area contributed by atoms with Crippen molar-refractivity contribution in [3.8, 4) is 11.7 Å². The number of ether oxygens (including phenoxy) is 2. The molecule has 1 amide bonds. The zero-order valence-corrected chi connectivity index (χ0v) is 15.3. The van der Waals surface area contributed by atoms with Crippen LogP contribution in [0.25, 0.3) is 0 Å². The Bertz CT molecular complexity index is 810. The van der Waals surface area contributed by atoms with E-state index in [2.05, 4.69) is 0 Å². The summed E-state index contributed by atoms with van der Waals surface area (Å²) in [6.07, 6.45) is 1.56. The van der Waals surface area contributed by atoms with Gasteiger partial charge in [0, 0.05) is 30.6 Å². The van der Waals surface area contributed by atoms with E-state index in [0.717, 1.165) is 24.2 Å². The van der Waals surface area contributed by atoms with Crippen molar-refractivity contribution >= 4 is 11.7 Å². The molecule has 2 aromatic rings. The second-order valence-electron chi connectivity index (χ2n) is 6.46. The van der Waals surface area contributed by atoms with E-state index >= 15 is 0 Å². The summed E-state index contributed by atoms with van der Waals surface area (Å²) in [5.41, 5.74) is 1.57. The fraction of sp³-hybridized carbons (Fsp3) is 0.400. The summed E-state index contributed by atoms with van der Waals surface area (Å²) in [6, 6.07) is 8.66. The minimum absolute atomic E-state index is 0.0691. The van der Waals surface area contributed by atoms with Gasteiger partial charge < -0.3 is 18.8 Å². The smallest absolute Gasteiger partial charge is 0.289 e. The van der Waals surface area contributed by atoms with Gasteiger partial charge in [-0.1, -0.05) is 0 Å². The van der Waals surface area contributed by atoms with Crippen molar-refractivity contribution in [3.63, 3.8) is 0 Å². The summed E-state index contributed by atoms with van der Waals surface area (Å²) in [6.45, 7) is 2.91. The quantitative estimate of drug-likeness (QED) is 0.768. The maximum Gasteiger partial charge on any atom is 0.289 e. The van der Waals surface area contributed by atoms with E-state index in [1.54, 1.807) is 36.3 Å². The molecule has 0 bridgehead atoms. The van der Waals surface area contributed by atoms with Gasteiger partial charge in [-0.25, -0.2) is 0 Å². The van der Waals surface area contributed by atoms with E-state index in [4.69, 9.17) is 13.9 Å². The predicted molar refractivity (Wildman–Crippen MR) is 95.9 cm³/mol. The van der Waals surface area contributed by atoms with Gasteiger partial charge in [0.2, 0.25) is 0 Å². The number of carbonyl (C=O) groups excluding carboxylic acids is 2. The standard InChI is InChI=1S/C20H23NO5/c1-13-11-15(24-2)6-7-16(13)19(22)14-5-4-10-21(12-14)20(23)17-8-9-18(25-3)26-17/h6-9,11,14H,4-5,10,12H2,1-3H3/t14-/m0/s1. The van der Waals surface area contributed by atoms with Gasteiger partial charge in [0.25, 0.3) is 11.9 Å². The van der Waals surface area contributed by atoms with Crippen LogP contribution in [0.4, 0.5) is 0 Å². The lowest BCUT2D eigenvalue weighted by Gasteiger charge is -2.31. The number of furan rings is 1. The Kier molecular flexibility index (Phi) is 5.30. The van der Waals surface area contributed by atoms with Crippen molar-refractivity contribution in [2.45, 2.75) is 19.8 Å². The maximum absolute atomic E-state index is 13.0. The SMILES string of the molecule is COc1ccc(C(=O)[C@H]2CCCN(C(=O)c3ccc(OC)o3)C2)c(C)c1. The Morgan fingerprint density at radius 3 is 2.62 bits per heavy atom. The molecule has 0 saturated carbocycles. The van der Waals surface area contributed by atoms with Crippen LogP contribution in [-0.4, -0.2) is 43.9 Å². The maximum atomic E-state index is 13.0. The number of aryl methyl sites for hydroxylation is 1. The molecule has 0 aliphatic carbocycles. The van der Waals surface area contributed by atoms with E-state index in [0.29, 0.717) is 24.6 Å². The monoisotopic (exact) mass is 357 g/mol. The molecular weight excluding hydrogens is 334 g/mol. The van der Waals surface area contributed by atoms with Gasteiger partial charge in [0.05, 0.1) is 14.2 Å². The molecule has 26 heavy (non-hydrogen) atoms. The second kappa shape index (κ2) is 7.64. The third kappa shape index (κ3) is 3.59. The molecule has 138 valence electrons. The minimum Gasteiger partial charge on any atom is -0.497 e. The Hall–Kier alpha value is -2.76. The molecule has 0 unspecified atom stereocenters. The summed E-state index contributed by atoms with van der Waals surface area (Å²) < 4.78 is 15.5. The van der Waals surface area contributed by atoms with Crippen molar-refractivity contribution in [2.24, 2.45) is 5.92 Å². The molecule has 1 aromatic carbocycles. The zero-order chi connectivity index (χ0) is 18.7. The summed E-state index contributed by atoms with van der Waals surface area (Å²) in [5, 5.41) is 0. The van der Waals surface area contributed by atoms with Crippen molar-refractivity contribution < 1.29 is 23.5 Å². The highest BCUT2D eigenvalue weighted by Gasteiger charge is 2.31. The molecule has 0 radical (unpaired) electrons. The van der Waals surface area contributed by atoms with E-state index in [9.17, 15) is 9.59 Å². The number of methoxy groups -OCH3 is 2. The van der Waals surface area contributed by atoms with Gasteiger partial charge in [0.1, 0.15) is 5.75 Å². The van der Waals surface area contributed by atoms with Crippen LogP contribution < -0.4 is 9.47 Å². The predicted octanol–water partition coefficient (Wildman–Crippen LogP) is 3.34. The lowest BCUT2D eigenvalue weighted by molar-refractivity contribution is 0.0605. The van der Waals surface area contributed by atoms with E-state index < -0.39 is 0 Å². The Balaban J connectivity index is 1.73. The molecule has 1 atom stereocenters. The molecule has 1 aromatic heterocycles. The van der Waals surface area contributed by atoms with Crippen LogP contribution in [0.2, 0.25) is 0 Å². The number of hydrogen-bond donors (Lipinski definition) is 0. The molecule has 1 aliphatic heterocycles. The first-order valence-electron chi connectivity index (χ1n) is 8.65. The molecule has 6 heteroatoms. The topological polar surface area (TPSA) is 69.0 Å². The van der Waals surface area contributed by atoms with Gasteiger partial charge in [-0.3, -0.25) is 9.59 Å². The third-order valence-electron chi connectivity index (χ3n) is 4.77. The van der Waals surface area contributed by atoms with Gasteiger partial charge in [-0.2, -0.15) is 0 Å². The molecule has 1 fully saturated rings. The Morgan fingerprint density at radius 1 is 1.15 bits per heavy atom. The number of hydrogen-bond acceptors (Lipinski definition) is 5. The number of carbonyl (C=O) groups is 2. The fourth-order valence-electron chi connectivity index (χ4n) is 3.34. The summed E-state index contributed by atoms with van der Waals surface area (Å²) in [5.74, 6) is 0.905. The van der Waals surface area contributed by atoms with Gasteiger partial charge >= 0.3 is 0 Å². The first-order valence-corrected chi connectivity index (χ1v) is 8.65. The van der Waals surface area contributed by atoms with Crippen molar-refractivity contribution in [3.05, 3.63) is 47.2 Å². The van der Waals surface area contributed by atoms with Crippen LogP contribution in [0.3, 0.4) is 0 Å². The highest BCUT2D eigenvalue weighted by atomic mass is 16.6. The number of rotatable bonds is 5. The first kappa shape index (κ1) is 18.0. The number of amides is 1. The summed E-state index contributed by atoms with van der Waals surface area (Å²) in [4.78, 5) is 27.3. The number of piperidine rings is 1. The molecule has 1 aliphatic rings. The number of nitrogens with zero attached hydrogens (tertiary/aromatic N) is 1. The summed E-state index contributed by atoms with van der Waals surface area (Å²) >= 11 is 0. The number of Topliss-reactive ketones (excluding diaryl/α,β-unsaturated/α-hetero) is 1. The van der Waals surface area contributed by atoms with Crippen LogP contribution >= 0.6 is 0 Å².